The monoisotopic (exact) mass is 163 g/mol. The van der Waals surface area contributed by atoms with Crippen molar-refractivity contribution in [1.29, 1.82) is 0 Å². The molecule has 0 spiro atoms. The van der Waals surface area contributed by atoms with Gasteiger partial charge in [0.2, 0.25) is 0 Å². The molecule has 0 unspecified atom stereocenters. The summed E-state index contributed by atoms with van der Waals surface area (Å²) >= 11 is 0. The lowest BCUT2D eigenvalue weighted by atomic mass is 10.1. The average molecular weight is 163 g/mol. The van der Waals surface area contributed by atoms with Crippen molar-refractivity contribution in [2.75, 3.05) is 0 Å². The second-order valence-electron chi connectivity index (χ2n) is 2.05. The number of primary amides is 1. The van der Waals surface area contributed by atoms with E-state index < -0.39 is 30.5 Å². The van der Waals surface area contributed by atoms with Crippen molar-refractivity contribution < 1.29 is 19.1 Å². The maximum Gasteiger partial charge on any atom is 0.320 e. The number of amides is 1. The number of alkyl halides is 1. The van der Waals surface area contributed by atoms with Gasteiger partial charge < -0.3 is 16.6 Å². The van der Waals surface area contributed by atoms with E-state index in [4.69, 9.17) is 10.8 Å². The summed E-state index contributed by atoms with van der Waals surface area (Å²) in [5.41, 5.74) is 9.43. The highest BCUT2D eigenvalue weighted by molar-refractivity contribution is 5.80. The zero-order valence-corrected chi connectivity index (χ0v) is 5.66. The van der Waals surface area contributed by atoms with E-state index in [2.05, 4.69) is 5.73 Å². The fourth-order valence-electron chi connectivity index (χ4n) is 0.440. The molecule has 0 rings (SSSR count). The van der Waals surface area contributed by atoms with Crippen LogP contribution < -0.4 is 11.5 Å². The molecule has 0 radical (unpaired) electrons. The van der Waals surface area contributed by atoms with Crippen LogP contribution in [0.15, 0.2) is 0 Å². The Kier molecular flexibility index (Phi) is 3.46. The van der Waals surface area contributed by atoms with Crippen LogP contribution in [0.5, 0.6) is 0 Å². The molecule has 5 nitrogen and oxygen atoms in total. The second kappa shape index (κ2) is 3.87. The van der Waals surface area contributed by atoms with Crippen LogP contribution in [0.4, 0.5) is 4.39 Å². The standard InChI is InChI=1S/C5H9FN2O3/c6-2(4(8)9)1-3(7)5(10)11/h2-3H,1,7H2,(H2,8,9)(H,10,11)/t2-,3-/m0/s1/i6-1. The summed E-state index contributed by atoms with van der Waals surface area (Å²) in [4.78, 5) is 20.1. The Morgan fingerprint density at radius 1 is 1.55 bits per heavy atom. The zero-order valence-electron chi connectivity index (χ0n) is 5.66. The van der Waals surface area contributed by atoms with Gasteiger partial charge in [-0.3, -0.25) is 9.59 Å². The van der Waals surface area contributed by atoms with E-state index in [0.29, 0.717) is 0 Å². The van der Waals surface area contributed by atoms with E-state index in [9.17, 15) is 14.0 Å². The molecule has 0 aromatic heterocycles. The summed E-state index contributed by atoms with van der Waals surface area (Å²) in [6, 6.07) is -1.38. The first-order valence-corrected chi connectivity index (χ1v) is 2.87. The van der Waals surface area contributed by atoms with Crippen molar-refractivity contribution in [1.82, 2.24) is 0 Å². The van der Waals surface area contributed by atoms with Crippen molar-refractivity contribution in [3.8, 4) is 0 Å². The SMILES string of the molecule is NC(=O)[C@@H]([18F])C[C@H](N)C(=O)O. The van der Waals surface area contributed by atoms with Crippen molar-refractivity contribution >= 4 is 11.9 Å². The molecule has 1 amide bonds. The summed E-state index contributed by atoms with van der Waals surface area (Å²) in [6.07, 6.45) is -2.56. The minimum Gasteiger partial charge on any atom is -0.480 e. The van der Waals surface area contributed by atoms with E-state index in [1.807, 2.05) is 0 Å². The Balaban J connectivity index is 3.84. The van der Waals surface area contributed by atoms with Crippen LogP contribution in [0.1, 0.15) is 6.42 Å². The largest absolute Gasteiger partial charge is 0.480 e. The van der Waals surface area contributed by atoms with Crippen molar-refractivity contribution in [2.24, 2.45) is 11.5 Å². The lowest BCUT2D eigenvalue weighted by Gasteiger charge is -2.06. The second-order valence-corrected chi connectivity index (χ2v) is 2.05. The van der Waals surface area contributed by atoms with Crippen LogP contribution in [-0.2, 0) is 9.59 Å². The number of hydrogen-bond acceptors (Lipinski definition) is 3. The van der Waals surface area contributed by atoms with Gasteiger partial charge in [0.25, 0.3) is 5.91 Å². The number of nitrogens with two attached hydrogens (primary N) is 2. The lowest BCUT2D eigenvalue weighted by molar-refractivity contribution is -0.139. The molecule has 0 aromatic rings. The highest BCUT2D eigenvalue weighted by Gasteiger charge is 2.21. The summed E-state index contributed by atoms with van der Waals surface area (Å²) in [6.45, 7) is 0. The molecule has 0 aliphatic carbocycles. The topological polar surface area (TPSA) is 106 Å². The highest BCUT2D eigenvalue weighted by Crippen LogP contribution is 1.99. The maximum atomic E-state index is 12.3. The fraction of sp³-hybridized carbons (Fsp3) is 0.600. The summed E-state index contributed by atoms with van der Waals surface area (Å²) in [5.74, 6) is -2.55. The van der Waals surface area contributed by atoms with Crippen LogP contribution in [0.2, 0.25) is 0 Å². The van der Waals surface area contributed by atoms with Crippen LogP contribution >= 0.6 is 0 Å². The number of carboxylic acids is 1. The number of carboxylic acid groups (broad SMARTS) is 1. The van der Waals surface area contributed by atoms with E-state index >= 15 is 0 Å². The Morgan fingerprint density at radius 2 is 2.00 bits per heavy atom. The van der Waals surface area contributed by atoms with Crippen LogP contribution in [-0.4, -0.2) is 29.2 Å². The maximum absolute atomic E-state index is 12.3. The Morgan fingerprint density at radius 3 is 2.27 bits per heavy atom. The molecule has 0 aliphatic heterocycles. The predicted molar refractivity (Wildman–Crippen MR) is 34.3 cm³/mol. The van der Waals surface area contributed by atoms with E-state index in [1.165, 1.54) is 0 Å². The van der Waals surface area contributed by atoms with Crippen LogP contribution in [0.3, 0.4) is 0 Å². The normalized spacial score (nSPS) is 15.5. The van der Waals surface area contributed by atoms with Gasteiger partial charge in [-0.25, -0.2) is 4.39 Å². The zero-order chi connectivity index (χ0) is 9.02. The fourth-order valence-corrected chi connectivity index (χ4v) is 0.440. The first-order chi connectivity index (χ1) is 4.95. The first kappa shape index (κ1) is 9.83. The number of carbonyl (C=O) groups excluding carboxylic acids is 1. The van der Waals surface area contributed by atoms with Gasteiger partial charge in [-0.2, -0.15) is 0 Å². The molecule has 0 aromatic carbocycles. The Hall–Kier alpha value is -1.17. The van der Waals surface area contributed by atoms with E-state index in [0.717, 1.165) is 0 Å². The van der Waals surface area contributed by atoms with Gasteiger partial charge in [0.15, 0.2) is 6.17 Å². The Labute approximate surface area is 62.2 Å². The molecule has 5 N–H and O–H groups in total. The Bertz CT molecular complexity index is 155. The highest BCUT2D eigenvalue weighted by atomic mass is 18.2. The lowest BCUT2D eigenvalue weighted by Crippen LogP contribution is -2.37. The average Bonchev–Trinajstić information content (AvgIpc) is 1.87. The van der Waals surface area contributed by atoms with Gasteiger partial charge in [-0.1, -0.05) is 0 Å². The number of aliphatic carboxylic acids is 1. The van der Waals surface area contributed by atoms with E-state index in [-0.39, 0.29) is 0 Å². The summed E-state index contributed by atoms with van der Waals surface area (Å²) in [5, 5.41) is 8.17. The molecule has 0 bridgehead atoms. The molecule has 64 valence electrons. The molecule has 0 saturated carbocycles. The quantitative estimate of drug-likeness (QED) is 0.474. The molecule has 6 heteroatoms. The van der Waals surface area contributed by atoms with Crippen molar-refractivity contribution in [3.63, 3.8) is 0 Å². The van der Waals surface area contributed by atoms with Crippen LogP contribution in [0, 0.1) is 0 Å². The first-order valence-electron chi connectivity index (χ1n) is 2.87. The number of hydrogen-bond donors (Lipinski definition) is 3. The van der Waals surface area contributed by atoms with Crippen molar-refractivity contribution in [2.45, 2.75) is 18.6 Å². The van der Waals surface area contributed by atoms with E-state index in [1.54, 1.807) is 0 Å². The van der Waals surface area contributed by atoms with Crippen molar-refractivity contribution in [3.05, 3.63) is 0 Å². The van der Waals surface area contributed by atoms with Gasteiger partial charge in [-0.15, -0.1) is 0 Å². The molecule has 2 atom stereocenters. The van der Waals surface area contributed by atoms with Gasteiger partial charge in [0, 0.05) is 6.42 Å². The minimum absolute atomic E-state index is 0.579. The molecule has 0 heterocycles. The number of halogens is 1. The smallest absolute Gasteiger partial charge is 0.320 e. The summed E-state index contributed by atoms with van der Waals surface area (Å²) in [7, 11) is 0. The third kappa shape index (κ3) is 3.51. The number of rotatable bonds is 4. The van der Waals surface area contributed by atoms with Gasteiger partial charge in [-0.05, 0) is 0 Å². The predicted octanol–water partition coefficient (Wildman–Crippen LogP) is -1.39. The molecule has 0 fully saturated rings. The molecular formula is C5H9FN2O3. The van der Waals surface area contributed by atoms with Gasteiger partial charge >= 0.3 is 5.97 Å². The third-order valence-corrected chi connectivity index (χ3v) is 1.09. The minimum atomic E-state index is -1.99. The molecule has 0 saturated heterocycles. The summed E-state index contributed by atoms with van der Waals surface area (Å²) < 4.78 is 12.3. The van der Waals surface area contributed by atoms with Gasteiger partial charge in [0.1, 0.15) is 6.04 Å². The molecular weight excluding hydrogens is 154 g/mol. The number of carbonyl (C=O) groups is 2. The molecule has 0 aliphatic rings. The van der Waals surface area contributed by atoms with Gasteiger partial charge in [0.05, 0.1) is 0 Å². The van der Waals surface area contributed by atoms with Crippen LogP contribution in [0.25, 0.3) is 0 Å². The molecule has 11 heavy (non-hydrogen) atoms. The third-order valence-electron chi connectivity index (χ3n) is 1.09.